The summed E-state index contributed by atoms with van der Waals surface area (Å²) in [5.41, 5.74) is -7.66. The van der Waals surface area contributed by atoms with Crippen LogP contribution < -0.4 is 0 Å². The largest absolute Gasteiger partial charge is 0.502 e. The summed E-state index contributed by atoms with van der Waals surface area (Å²) in [6.07, 6.45) is -4.66. The zero-order valence-corrected chi connectivity index (χ0v) is 14.1. The van der Waals surface area contributed by atoms with E-state index in [9.17, 15) is 34.8 Å². The summed E-state index contributed by atoms with van der Waals surface area (Å²) >= 11 is 5.78. The van der Waals surface area contributed by atoms with E-state index in [2.05, 4.69) is 5.10 Å². The van der Waals surface area contributed by atoms with Crippen LogP contribution in [0.4, 0.5) is 26.3 Å². The third-order valence-electron chi connectivity index (χ3n) is 3.30. The first-order valence-electron chi connectivity index (χ1n) is 6.42. The van der Waals surface area contributed by atoms with Crippen LogP contribution in [0.15, 0.2) is 23.1 Å². The molecular weight excluding hydrogens is 398 g/mol. The first-order chi connectivity index (χ1) is 11.2. The second-order valence-electron chi connectivity index (χ2n) is 5.02. The molecule has 1 aromatic heterocycles. The number of sulfone groups is 1. The predicted octanol–water partition coefficient (Wildman–Crippen LogP) is 4.45. The molecule has 0 N–H and O–H groups in total. The van der Waals surface area contributed by atoms with Gasteiger partial charge in [-0.3, -0.25) is 0 Å². The molecule has 0 saturated heterocycles. The fourth-order valence-corrected chi connectivity index (χ4v) is 3.62. The molecule has 0 aliphatic carbocycles. The maximum absolute atomic E-state index is 12.8. The summed E-state index contributed by atoms with van der Waals surface area (Å²) in [6, 6.07) is 2.13. The molecule has 4 nitrogen and oxygen atoms in total. The number of hydrogen-bond acceptors (Lipinski definition) is 3. The van der Waals surface area contributed by atoms with Gasteiger partial charge in [0, 0.05) is 0 Å². The number of halogens is 7. The van der Waals surface area contributed by atoms with Crippen molar-refractivity contribution < 1.29 is 34.8 Å². The van der Waals surface area contributed by atoms with Crippen LogP contribution in [-0.4, -0.2) is 23.7 Å². The van der Waals surface area contributed by atoms with Gasteiger partial charge in [0.2, 0.25) is 0 Å². The number of nitrogens with zero attached hydrogens (tertiary/aromatic N) is 2. The Morgan fingerprint density at radius 3 is 2.08 bits per heavy atom. The van der Waals surface area contributed by atoms with Crippen molar-refractivity contribution in [1.29, 1.82) is 0 Å². The van der Waals surface area contributed by atoms with Crippen LogP contribution in [0.3, 0.4) is 0 Å². The van der Waals surface area contributed by atoms with Crippen molar-refractivity contribution in [3.05, 3.63) is 40.2 Å². The van der Waals surface area contributed by atoms with Gasteiger partial charge >= 0.3 is 11.7 Å². The lowest BCUT2D eigenvalue weighted by Gasteiger charge is -2.12. The van der Waals surface area contributed by atoms with E-state index < -0.39 is 48.4 Å². The van der Waals surface area contributed by atoms with Crippen LogP contribution in [0.2, 0.25) is 5.02 Å². The predicted molar refractivity (Wildman–Crippen MR) is 76.3 cm³/mol. The van der Waals surface area contributed by atoms with E-state index in [1.165, 1.54) is 0 Å². The SMILES string of the molecule is Cc1nn(-c2ccc(C(F)(F)F)cc2Cl)c(C)c1S(=O)(=O)C(F)(F)F. The first kappa shape index (κ1) is 19.6. The van der Waals surface area contributed by atoms with Crippen LogP contribution in [-0.2, 0) is 16.0 Å². The van der Waals surface area contributed by atoms with Crippen LogP contribution in [0.5, 0.6) is 0 Å². The highest BCUT2D eigenvalue weighted by Crippen LogP contribution is 2.37. The Labute approximate surface area is 142 Å². The Bertz CT molecular complexity index is 931. The monoisotopic (exact) mass is 406 g/mol. The van der Waals surface area contributed by atoms with Crippen molar-refractivity contribution >= 4 is 21.4 Å². The van der Waals surface area contributed by atoms with Gasteiger partial charge in [-0.05, 0) is 32.0 Å². The highest BCUT2D eigenvalue weighted by molar-refractivity contribution is 7.92. The maximum Gasteiger partial charge on any atom is 0.502 e. The normalized spacial score (nSPS) is 13.3. The van der Waals surface area contributed by atoms with E-state index >= 15 is 0 Å². The quantitative estimate of drug-likeness (QED) is 0.692. The maximum atomic E-state index is 12.8. The van der Waals surface area contributed by atoms with E-state index in [1.807, 2.05) is 0 Å². The minimum absolute atomic E-state index is 0.182. The fourth-order valence-electron chi connectivity index (χ4n) is 2.22. The molecule has 0 unspecified atom stereocenters. The van der Waals surface area contributed by atoms with Crippen molar-refractivity contribution in [2.45, 2.75) is 30.4 Å². The molecule has 12 heteroatoms. The lowest BCUT2D eigenvalue weighted by atomic mass is 10.2. The summed E-state index contributed by atoms with van der Waals surface area (Å²) < 4.78 is 100. The third kappa shape index (κ3) is 3.34. The van der Waals surface area contributed by atoms with Gasteiger partial charge in [-0.1, -0.05) is 11.6 Å². The van der Waals surface area contributed by atoms with Gasteiger partial charge in [0.25, 0.3) is 9.84 Å². The average Bonchev–Trinajstić information content (AvgIpc) is 2.71. The van der Waals surface area contributed by atoms with Crippen molar-refractivity contribution in [1.82, 2.24) is 9.78 Å². The van der Waals surface area contributed by atoms with E-state index in [-0.39, 0.29) is 5.69 Å². The molecule has 2 aromatic rings. The molecule has 0 amide bonds. The Kier molecular flexibility index (Phi) is 4.62. The topological polar surface area (TPSA) is 52.0 Å². The van der Waals surface area contributed by atoms with Gasteiger partial charge in [-0.2, -0.15) is 31.4 Å². The minimum Gasteiger partial charge on any atom is -0.235 e. The number of benzene rings is 1. The van der Waals surface area contributed by atoms with E-state index in [4.69, 9.17) is 11.6 Å². The van der Waals surface area contributed by atoms with Gasteiger partial charge in [0.15, 0.2) is 0 Å². The molecule has 1 heterocycles. The zero-order chi connectivity index (χ0) is 19.4. The van der Waals surface area contributed by atoms with Crippen LogP contribution in [0.1, 0.15) is 17.0 Å². The van der Waals surface area contributed by atoms with E-state index in [0.29, 0.717) is 12.1 Å². The van der Waals surface area contributed by atoms with Crippen molar-refractivity contribution in [3.8, 4) is 5.69 Å². The van der Waals surface area contributed by atoms with Crippen LogP contribution in [0, 0.1) is 13.8 Å². The van der Waals surface area contributed by atoms with Gasteiger partial charge in [0.05, 0.1) is 27.7 Å². The Hall–Kier alpha value is -1.75. The summed E-state index contributed by atoms with van der Waals surface area (Å²) in [7, 11) is -5.68. The average molecular weight is 407 g/mol. The van der Waals surface area contributed by atoms with Gasteiger partial charge in [0.1, 0.15) is 4.90 Å². The molecule has 2 rings (SSSR count). The van der Waals surface area contributed by atoms with E-state index in [1.54, 1.807) is 0 Å². The van der Waals surface area contributed by atoms with Gasteiger partial charge in [-0.25, -0.2) is 13.1 Å². The van der Waals surface area contributed by atoms with Crippen LogP contribution in [0.25, 0.3) is 5.69 Å². The Morgan fingerprint density at radius 2 is 1.64 bits per heavy atom. The molecule has 0 aliphatic rings. The summed E-state index contributed by atoms with van der Waals surface area (Å²) in [6.45, 7) is 2.09. The second-order valence-corrected chi connectivity index (χ2v) is 7.31. The van der Waals surface area contributed by atoms with Gasteiger partial charge in [-0.15, -0.1) is 0 Å². The molecule has 0 fully saturated rings. The van der Waals surface area contributed by atoms with Crippen molar-refractivity contribution in [2.24, 2.45) is 0 Å². The Balaban J connectivity index is 2.67. The summed E-state index contributed by atoms with van der Waals surface area (Å²) in [5.74, 6) is 0. The molecule has 0 aliphatic heterocycles. The smallest absolute Gasteiger partial charge is 0.235 e. The molecule has 0 bridgehead atoms. The fraction of sp³-hybridized carbons (Fsp3) is 0.308. The third-order valence-corrected chi connectivity index (χ3v) is 5.34. The Morgan fingerprint density at radius 1 is 1.08 bits per heavy atom. The van der Waals surface area contributed by atoms with Gasteiger partial charge < -0.3 is 0 Å². The highest BCUT2D eigenvalue weighted by atomic mass is 35.5. The minimum atomic E-state index is -5.68. The first-order valence-corrected chi connectivity index (χ1v) is 8.28. The lowest BCUT2D eigenvalue weighted by Crippen LogP contribution is -2.24. The molecule has 0 atom stereocenters. The molecule has 0 saturated carbocycles. The molecule has 1 aromatic carbocycles. The number of hydrogen-bond donors (Lipinski definition) is 0. The molecule has 25 heavy (non-hydrogen) atoms. The molecule has 0 radical (unpaired) electrons. The number of alkyl halides is 6. The highest BCUT2D eigenvalue weighted by Gasteiger charge is 2.49. The number of rotatable bonds is 2. The van der Waals surface area contributed by atoms with Crippen LogP contribution >= 0.6 is 11.6 Å². The molecule has 0 spiro atoms. The van der Waals surface area contributed by atoms with E-state index in [0.717, 1.165) is 24.6 Å². The number of aryl methyl sites for hydroxylation is 1. The molecular formula is C13H9ClF6N2O2S. The zero-order valence-electron chi connectivity index (χ0n) is 12.5. The van der Waals surface area contributed by atoms with Crippen molar-refractivity contribution in [2.75, 3.05) is 0 Å². The number of aromatic nitrogens is 2. The second kappa shape index (κ2) is 5.90. The standard InChI is InChI=1S/C13H9ClF6N2O2S/c1-6-11(25(23,24)13(18,19)20)7(2)22(21-6)10-4-3-8(5-9(10)14)12(15,16)17/h3-5H,1-2H3. The molecule has 138 valence electrons. The lowest BCUT2D eigenvalue weighted by molar-refractivity contribution is -0.137. The van der Waals surface area contributed by atoms with Crippen molar-refractivity contribution in [3.63, 3.8) is 0 Å². The summed E-state index contributed by atoms with van der Waals surface area (Å²) in [5, 5.41) is 3.24. The summed E-state index contributed by atoms with van der Waals surface area (Å²) in [4.78, 5) is -1.06.